The van der Waals surface area contributed by atoms with Crippen LogP contribution in [0.2, 0.25) is 0 Å². The number of fused-ring (bicyclic) bond motifs is 1. The number of nitrogens with zero attached hydrogens (tertiary/aromatic N) is 3. The van der Waals surface area contributed by atoms with Gasteiger partial charge in [-0.3, -0.25) is 14.7 Å². The van der Waals surface area contributed by atoms with Gasteiger partial charge in [-0.05, 0) is 29.8 Å². The number of methoxy groups -OCH3 is 1. The van der Waals surface area contributed by atoms with Gasteiger partial charge in [0.25, 0.3) is 5.91 Å². The molecule has 1 aliphatic heterocycles. The fraction of sp³-hybridized carbons (Fsp3) is 0.261. The van der Waals surface area contributed by atoms with E-state index in [4.69, 9.17) is 4.74 Å². The molecule has 0 bridgehead atoms. The number of carbonyl (C=O) groups excluding carboxylic acids is 2. The molecular weight excluding hydrogens is 380 g/mol. The Morgan fingerprint density at radius 3 is 2.70 bits per heavy atom. The number of hydrogen-bond donors (Lipinski definition) is 1. The van der Waals surface area contributed by atoms with Crippen molar-refractivity contribution in [1.82, 2.24) is 20.0 Å². The van der Waals surface area contributed by atoms with E-state index in [1.165, 1.54) is 0 Å². The number of aromatic amines is 1. The Morgan fingerprint density at radius 1 is 1.13 bits per heavy atom. The zero-order valence-corrected chi connectivity index (χ0v) is 16.9. The van der Waals surface area contributed by atoms with Gasteiger partial charge >= 0.3 is 0 Å². The fourth-order valence-corrected chi connectivity index (χ4v) is 3.53. The molecule has 0 unspecified atom stereocenters. The van der Waals surface area contributed by atoms with Crippen LogP contribution in [0.3, 0.4) is 0 Å². The SMILES string of the molecule is COCCN1CCN(C(=O)c2ccc(/C=C/c3n[nH]c4ccccc34)cc2)CC1=O. The molecule has 0 aliphatic carbocycles. The quantitative estimate of drug-likeness (QED) is 0.685. The number of carbonyl (C=O) groups is 2. The summed E-state index contributed by atoms with van der Waals surface area (Å²) in [6.45, 7) is 2.23. The summed E-state index contributed by atoms with van der Waals surface area (Å²) in [5.41, 5.74) is 3.42. The predicted molar refractivity (Wildman–Crippen MR) is 116 cm³/mol. The number of hydrogen-bond acceptors (Lipinski definition) is 4. The summed E-state index contributed by atoms with van der Waals surface area (Å²) < 4.78 is 5.03. The van der Waals surface area contributed by atoms with Crippen molar-refractivity contribution in [2.24, 2.45) is 0 Å². The van der Waals surface area contributed by atoms with E-state index in [0.717, 1.165) is 22.2 Å². The predicted octanol–water partition coefficient (Wildman–Crippen LogP) is 2.66. The van der Waals surface area contributed by atoms with Crippen LogP contribution < -0.4 is 0 Å². The van der Waals surface area contributed by atoms with Crippen molar-refractivity contribution in [3.63, 3.8) is 0 Å². The number of nitrogens with one attached hydrogen (secondary N) is 1. The average molecular weight is 404 g/mol. The van der Waals surface area contributed by atoms with Crippen molar-refractivity contribution in [1.29, 1.82) is 0 Å². The van der Waals surface area contributed by atoms with Crippen molar-refractivity contribution in [3.05, 3.63) is 65.4 Å². The second-order valence-corrected chi connectivity index (χ2v) is 7.21. The van der Waals surface area contributed by atoms with Crippen LogP contribution in [0.5, 0.6) is 0 Å². The van der Waals surface area contributed by atoms with E-state index >= 15 is 0 Å². The van der Waals surface area contributed by atoms with Gasteiger partial charge in [0.05, 0.1) is 17.8 Å². The van der Waals surface area contributed by atoms with Gasteiger partial charge in [0.1, 0.15) is 6.54 Å². The molecule has 1 fully saturated rings. The highest BCUT2D eigenvalue weighted by atomic mass is 16.5. The number of H-pyrrole nitrogens is 1. The number of aromatic nitrogens is 2. The van der Waals surface area contributed by atoms with Crippen LogP contribution in [0.4, 0.5) is 0 Å². The Balaban J connectivity index is 1.40. The maximum Gasteiger partial charge on any atom is 0.254 e. The molecule has 7 heteroatoms. The second-order valence-electron chi connectivity index (χ2n) is 7.21. The molecule has 0 radical (unpaired) electrons. The first-order chi connectivity index (χ1) is 14.7. The summed E-state index contributed by atoms with van der Waals surface area (Å²) >= 11 is 0. The lowest BCUT2D eigenvalue weighted by molar-refractivity contribution is -0.135. The number of rotatable bonds is 6. The molecule has 7 nitrogen and oxygen atoms in total. The molecule has 154 valence electrons. The number of ether oxygens (including phenoxy) is 1. The minimum absolute atomic E-state index is 0.0440. The third-order valence-electron chi connectivity index (χ3n) is 5.26. The van der Waals surface area contributed by atoms with Crippen molar-refractivity contribution >= 4 is 34.9 Å². The van der Waals surface area contributed by atoms with E-state index in [1.54, 1.807) is 29.0 Å². The third kappa shape index (κ3) is 4.26. The minimum atomic E-state index is -0.122. The van der Waals surface area contributed by atoms with Gasteiger partial charge in [-0.25, -0.2) is 0 Å². The first-order valence-electron chi connectivity index (χ1n) is 9.93. The number of benzene rings is 2. The van der Waals surface area contributed by atoms with Crippen LogP contribution in [0.15, 0.2) is 48.5 Å². The summed E-state index contributed by atoms with van der Waals surface area (Å²) in [7, 11) is 1.61. The Labute approximate surface area is 174 Å². The van der Waals surface area contributed by atoms with Crippen LogP contribution in [-0.2, 0) is 9.53 Å². The number of piperazine rings is 1. The maximum absolute atomic E-state index is 12.8. The number of para-hydroxylation sites is 1. The summed E-state index contributed by atoms with van der Waals surface area (Å²) in [5.74, 6) is -0.166. The van der Waals surface area contributed by atoms with Crippen LogP contribution in [0.1, 0.15) is 21.6 Å². The molecule has 4 rings (SSSR count). The van der Waals surface area contributed by atoms with E-state index in [1.807, 2.05) is 48.6 Å². The van der Waals surface area contributed by atoms with Gasteiger partial charge in [0, 0.05) is 37.7 Å². The molecule has 2 heterocycles. The van der Waals surface area contributed by atoms with Gasteiger partial charge in [-0.1, -0.05) is 36.4 Å². The van der Waals surface area contributed by atoms with Crippen molar-refractivity contribution in [2.45, 2.75) is 0 Å². The lowest BCUT2D eigenvalue weighted by Crippen LogP contribution is -2.52. The van der Waals surface area contributed by atoms with Gasteiger partial charge in [0.2, 0.25) is 5.91 Å². The molecule has 0 atom stereocenters. The van der Waals surface area contributed by atoms with E-state index in [0.29, 0.717) is 31.8 Å². The maximum atomic E-state index is 12.8. The Morgan fingerprint density at radius 2 is 1.93 bits per heavy atom. The molecule has 3 aromatic rings. The van der Waals surface area contributed by atoms with E-state index in [9.17, 15) is 9.59 Å². The molecule has 1 aliphatic rings. The van der Waals surface area contributed by atoms with Crippen LogP contribution in [-0.4, -0.2) is 71.7 Å². The highest BCUT2D eigenvalue weighted by Gasteiger charge is 2.27. The zero-order valence-electron chi connectivity index (χ0n) is 16.9. The Hall–Kier alpha value is -3.45. The highest BCUT2D eigenvalue weighted by Crippen LogP contribution is 2.18. The van der Waals surface area contributed by atoms with Gasteiger partial charge in [-0.15, -0.1) is 0 Å². The molecule has 0 saturated carbocycles. The Bertz CT molecular complexity index is 1070. The molecule has 2 aromatic carbocycles. The standard InChI is InChI=1S/C23H24N4O3/c1-30-15-14-26-12-13-27(16-22(26)28)23(29)18-9-6-17(7-10-18)8-11-21-19-4-2-3-5-20(19)24-25-21/h2-11H,12-16H2,1H3,(H,24,25)/b11-8+. The third-order valence-corrected chi connectivity index (χ3v) is 5.26. The van der Waals surface area contributed by atoms with E-state index in [-0.39, 0.29) is 18.4 Å². The van der Waals surface area contributed by atoms with Gasteiger partial charge in [0.15, 0.2) is 0 Å². The molecule has 2 amide bonds. The van der Waals surface area contributed by atoms with E-state index in [2.05, 4.69) is 10.2 Å². The van der Waals surface area contributed by atoms with Crippen LogP contribution in [0, 0.1) is 0 Å². The monoisotopic (exact) mass is 404 g/mol. The molecule has 1 aromatic heterocycles. The van der Waals surface area contributed by atoms with E-state index < -0.39 is 0 Å². The van der Waals surface area contributed by atoms with Crippen LogP contribution in [0.25, 0.3) is 23.1 Å². The molecule has 0 spiro atoms. The lowest BCUT2D eigenvalue weighted by atomic mass is 10.1. The summed E-state index contributed by atoms with van der Waals surface area (Å²) in [4.78, 5) is 28.4. The fourth-order valence-electron chi connectivity index (χ4n) is 3.53. The smallest absolute Gasteiger partial charge is 0.254 e. The second kappa shape index (κ2) is 8.92. The molecule has 1 N–H and O–H groups in total. The highest BCUT2D eigenvalue weighted by molar-refractivity contribution is 5.97. The van der Waals surface area contributed by atoms with Crippen molar-refractivity contribution in [3.8, 4) is 0 Å². The minimum Gasteiger partial charge on any atom is -0.383 e. The van der Waals surface area contributed by atoms with Crippen molar-refractivity contribution in [2.75, 3.05) is 39.9 Å². The Kier molecular flexibility index (Phi) is 5.90. The first kappa shape index (κ1) is 19.8. The summed E-state index contributed by atoms with van der Waals surface area (Å²) in [6, 6.07) is 15.4. The van der Waals surface area contributed by atoms with Gasteiger partial charge < -0.3 is 14.5 Å². The largest absolute Gasteiger partial charge is 0.383 e. The summed E-state index contributed by atoms with van der Waals surface area (Å²) in [5, 5.41) is 8.41. The molecule has 1 saturated heterocycles. The molecule has 30 heavy (non-hydrogen) atoms. The zero-order chi connectivity index (χ0) is 20.9. The summed E-state index contributed by atoms with van der Waals surface area (Å²) in [6.07, 6.45) is 3.92. The normalized spacial score (nSPS) is 14.8. The first-order valence-corrected chi connectivity index (χ1v) is 9.93. The molecular formula is C23H24N4O3. The van der Waals surface area contributed by atoms with Gasteiger partial charge in [-0.2, -0.15) is 5.10 Å². The average Bonchev–Trinajstić information content (AvgIpc) is 3.20. The van der Waals surface area contributed by atoms with Crippen LogP contribution >= 0.6 is 0 Å². The lowest BCUT2D eigenvalue weighted by Gasteiger charge is -2.34. The number of amides is 2. The van der Waals surface area contributed by atoms with Crippen molar-refractivity contribution < 1.29 is 14.3 Å². The topological polar surface area (TPSA) is 78.5 Å².